The van der Waals surface area contributed by atoms with Crippen LogP contribution in [0.5, 0.6) is 0 Å². The molecule has 0 radical (unpaired) electrons. The highest BCUT2D eigenvalue weighted by Gasteiger charge is 2.34. The van der Waals surface area contributed by atoms with Crippen LogP contribution in [0.1, 0.15) is 35.7 Å². The van der Waals surface area contributed by atoms with Crippen LogP contribution in [0.15, 0.2) is 23.1 Å². The molecule has 0 spiro atoms. The van der Waals surface area contributed by atoms with E-state index in [-0.39, 0.29) is 16.8 Å². The Morgan fingerprint density at radius 2 is 1.92 bits per heavy atom. The Balaban J connectivity index is 1.88. The molecule has 1 unspecified atom stereocenters. The summed E-state index contributed by atoms with van der Waals surface area (Å²) in [6, 6.07) is 5.00. The van der Waals surface area contributed by atoms with Crippen LogP contribution in [-0.2, 0) is 14.8 Å². The molecule has 6 nitrogen and oxygen atoms in total. The maximum Gasteiger partial charge on any atom is 0.254 e. The number of ether oxygens (including phenoxy) is 1. The molecule has 0 N–H and O–H groups in total. The van der Waals surface area contributed by atoms with Gasteiger partial charge in [0.05, 0.1) is 18.1 Å². The molecule has 0 aromatic heterocycles. The van der Waals surface area contributed by atoms with Crippen molar-refractivity contribution in [2.75, 3.05) is 33.4 Å². The molecule has 1 heterocycles. The number of carbonyl (C=O) groups is 1. The summed E-state index contributed by atoms with van der Waals surface area (Å²) in [4.78, 5) is 14.8. The molecule has 2 fully saturated rings. The molecule has 3 rings (SSSR count). The van der Waals surface area contributed by atoms with E-state index in [1.165, 1.54) is 10.4 Å². The number of amides is 1. The Morgan fingerprint density at radius 3 is 2.52 bits per heavy atom. The van der Waals surface area contributed by atoms with Crippen LogP contribution in [0.3, 0.4) is 0 Å². The minimum atomic E-state index is -3.60. The topological polar surface area (TPSA) is 66.9 Å². The van der Waals surface area contributed by atoms with Gasteiger partial charge in [0.1, 0.15) is 0 Å². The van der Waals surface area contributed by atoms with E-state index < -0.39 is 10.0 Å². The van der Waals surface area contributed by atoms with E-state index in [2.05, 4.69) is 6.92 Å². The zero-order chi connectivity index (χ0) is 18.2. The molecule has 138 valence electrons. The number of rotatable bonds is 5. The van der Waals surface area contributed by atoms with Crippen LogP contribution in [0.2, 0.25) is 0 Å². The van der Waals surface area contributed by atoms with Crippen molar-refractivity contribution in [1.29, 1.82) is 0 Å². The minimum Gasteiger partial charge on any atom is -0.379 e. The van der Waals surface area contributed by atoms with E-state index >= 15 is 0 Å². The quantitative estimate of drug-likeness (QED) is 0.798. The van der Waals surface area contributed by atoms with Crippen molar-refractivity contribution >= 4 is 15.9 Å². The van der Waals surface area contributed by atoms with Crippen molar-refractivity contribution in [1.82, 2.24) is 9.21 Å². The highest BCUT2D eigenvalue weighted by atomic mass is 32.2. The number of benzene rings is 1. The van der Waals surface area contributed by atoms with E-state index in [1.807, 2.05) is 6.92 Å². The van der Waals surface area contributed by atoms with E-state index in [4.69, 9.17) is 4.74 Å². The second kappa shape index (κ2) is 7.05. The molecular formula is C18H26N2O4S. The van der Waals surface area contributed by atoms with Gasteiger partial charge in [-0.1, -0.05) is 6.07 Å². The van der Waals surface area contributed by atoms with Gasteiger partial charge >= 0.3 is 0 Å². The van der Waals surface area contributed by atoms with Crippen LogP contribution in [0, 0.1) is 12.8 Å². The molecule has 1 aromatic carbocycles. The molecule has 25 heavy (non-hydrogen) atoms. The summed E-state index contributed by atoms with van der Waals surface area (Å²) in [6.07, 6.45) is 2.31. The summed E-state index contributed by atoms with van der Waals surface area (Å²) in [6.45, 7) is 5.39. The summed E-state index contributed by atoms with van der Waals surface area (Å²) in [7, 11) is -1.80. The lowest BCUT2D eigenvalue weighted by atomic mass is 10.1. The molecule has 1 amide bonds. The second-order valence-electron chi connectivity index (χ2n) is 6.99. The van der Waals surface area contributed by atoms with E-state index in [0.717, 1.165) is 18.4 Å². The molecule has 1 aliphatic carbocycles. The van der Waals surface area contributed by atoms with Gasteiger partial charge in [-0.25, -0.2) is 8.42 Å². The standard InChI is InChI=1S/C18H26N2O4S/c1-13-4-7-16(25(22,23)20-8-10-24-11-9-20)12-17(13)18(21)19(3)14(2)15-5-6-15/h4,7,12,14-15H,5-6,8-11H2,1-3H3. The van der Waals surface area contributed by atoms with Crippen LogP contribution < -0.4 is 0 Å². The molecule has 2 aliphatic rings. The van der Waals surface area contributed by atoms with Crippen molar-refractivity contribution in [2.45, 2.75) is 37.6 Å². The van der Waals surface area contributed by atoms with E-state index in [0.29, 0.717) is 37.8 Å². The number of hydrogen-bond acceptors (Lipinski definition) is 4. The molecule has 0 bridgehead atoms. The SMILES string of the molecule is Cc1ccc(S(=O)(=O)N2CCOCC2)cc1C(=O)N(C)C(C)C1CC1. The van der Waals surface area contributed by atoms with E-state index in [9.17, 15) is 13.2 Å². The molecule has 1 atom stereocenters. The summed E-state index contributed by atoms with van der Waals surface area (Å²) >= 11 is 0. The highest BCUT2D eigenvalue weighted by Crippen LogP contribution is 2.35. The fourth-order valence-electron chi connectivity index (χ4n) is 3.20. The highest BCUT2D eigenvalue weighted by molar-refractivity contribution is 7.89. The summed E-state index contributed by atoms with van der Waals surface area (Å²) < 4.78 is 32.3. The van der Waals surface area contributed by atoms with Gasteiger partial charge in [-0.3, -0.25) is 4.79 Å². The van der Waals surface area contributed by atoms with Gasteiger partial charge in [0.25, 0.3) is 5.91 Å². The van der Waals surface area contributed by atoms with Gasteiger partial charge in [-0.05, 0) is 50.3 Å². The lowest BCUT2D eigenvalue weighted by Gasteiger charge is -2.27. The van der Waals surface area contributed by atoms with Crippen molar-refractivity contribution in [3.8, 4) is 0 Å². The largest absolute Gasteiger partial charge is 0.379 e. The Hall–Kier alpha value is -1.44. The molecule has 1 aromatic rings. The normalized spacial score (nSPS) is 20.3. The van der Waals surface area contributed by atoms with Crippen LogP contribution in [0.4, 0.5) is 0 Å². The average Bonchev–Trinajstić information content (AvgIpc) is 3.46. The summed E-state index contributed by atoms with van der Waals surface area (Å²) in [5, 5.41) is 0. The Kier molecular flexibility index (Phi) is 5.18. The maximum absolute atomic E-state index is 12.9. The number of nitrogens with zero attached hydrogens (tertiary/aromatic N) is 2. The first-order valence-corrected chi connectivity index (χ1v) is 10.2. The lowest BCUT2D eigenvalue weighted by Crippen LogP contribution is -2.41. The van der Waals surface area contributed by atoms with Gasteiger partial charge in [-0.2, -0.15) is 4.31 Å². The van der Waals surface area contributed by atoms with Crippen molar-refractivity contribution in [3.05, 3.63) is 29.3 Å². The minimum absolute atomic E-state index is 0.115. The Labute approximate surface area is 149 Å². The smallest absolute Gasteiger partial charge is 0.254 e. The molecule has 1 saturated carbocycles. The number of sulfonamides is 1. The molecular weight excluding hydrogens is 340 g/mol. The molecule has 1 aliphatic heterocycles. The predicted octanol–water partition coefficient (Wildman–Crippen LogP) is 1.89. The predicted molar refractivity (Wildman–Crippen MR) is 95.0 cm³/mol. The molecule has 7 heteroatoms. The fourth-order valence-corrected chi connectivity index (χ4v) is 4.63. The van der Waals surface area contributed by atoms with Gasteiger partial charge in [0.2, 0.25) is 10.0 Å². The van der Waals surface area contributed by atoms with Gasteiger partial charge in [0.15, 0.2) is 0 Å². The maximum atomic E-state index is 12.9. The summed E-state index contributed by atoms with van der Waals surface area (Å²) in [5.41, 5.74) is 1.25. The third kappa shape index (κ3) is 3.73. The summed E-state index contributed by atoms with van der Waals surface area (Å²) in [5.74, 6) is 0.449. The average molecular weight is 366 g/mol. The van der Waals surface area contributed by atoms with Crippen LogP contribution >= 0.6 is 0 Å². The Morgan fingerprint density at radius 1 is 1.28 bits per heavy atom. The lowest BCUT2D eigenvalue weighted by molar-refractivity contribution is 0.0723. The van der Waals surface area contributed by atoms with Gasteiger partial charge < -0.3 is 9.64 Å². The number of carbonyl (C=O) groups excluding carboxylic acids is 1. The van der Waals surface area contributed by atoms with Crippen LogP contribution in [-0.4, -0.2) is 62.9 Å². The van der Waals surface area contributed by atoms with Crippen molar-refractivity contribution < 1.29 is 17.9 Å². The van der Waals surface area contributed by atoms with Crippen molar-refractivity contribution in [3.63, 3.8) is 0 Å². The number of morpholine rings is 1. The first-order valence-electron chi connectivity index (χ1n) is 8.78. The zero-order valence-corrected chi connectivity index (χ0v) is 15.9. The van der Waals surface area contributed by atoms with Crippen molar-refractivity contribution in [2.24, 2.45) is 5.92 Å². The first-order chi connectivity index (χ1) is 11.8. The zero-order valence-electron chi connectivity index (χ0n) is 15.1. The monoisotopic (exact) mass is 366 g/mol. The first kappa shape index (κ1) is 18.4. The third-order valence-corrected chi connectivity index (χ3v) is 7.18. The van der Waals surface area contributed by atoms with Gasteiger partial charge in [0, 0.05) is 31.7 Å². The van der Waals surface area contributed by atoms with E-state index in [1.54, 1.807) is 24.1 Å². The Bertz CT molecular complexity index is 752. The van der Waals surface area contributed by atoms with Gasteiger partial charge in [-0.15, -0.1) is 0 Å². The number of aryl methyl sites for hydroxylation is 1. The third-order valence-electron chi connectivity index (χ3n) is 5.28. The molecule has 1 saturated heterocycles. The fraction of sp³-hybridized carbons (Fsp3) is 0.611. The number of hydrogen-bond donors (Lipinski definition) is 0. The van der Waals surface area contributed by atoms with Crippen LogP contribution in [0.25, 0.3) is 0 Å². The second-order valence-corrected chi connectivity index (χ2v) is 8.93.